The first-order valence-corrected chi connectivity index (χ1v) is 5.11. The van der Waals surface area contributed by atoms with Crippen molar-refractivity contribution in [1.82, 2.24) is 25.0 Å². The van der Waals surface area contributed by atoms with E-state index in [4.69, 9.17) is 0 Å². The molecule has 3 rings (SSSR count). The second-order valence-electron chi connectivity index (χ2n) is 3.89. The van der Waals surface area contributed by atoms with Gasteiger partial charge in [-0.25, -0.2) is 10.2 Å². The van der Waals surface area contributed by atoms with Crippen LogP contribution in [0.4, 0.5) is 5.69 Å². The fourth-order valence-electron chi connectivity index (χ4n) is 1.92. The van der Waals surface area contributed by atoms with E-state index >= 15 is 0 Å². The van der Waals surface area contributed by atoms with Gasteiger partial charge in [-0.1, -0.05) is 0 Å². The van der Waals surface area contributed by atoms with Gasteiger partial charge in [-0.2, -0.15) is 5.10 Å². The summed E-state index contributed by atoms with van der Waals surface area (Å²) in [7, 11) is 1.57. The van der Waals surface area contributed by atoms with Crippen LogP contribution in [0.1, 0.15) is 0 Å². The lowest BCUT2D eigenvalue weighted by molar-refractivity contribution is -0.383. The molecule has 2 aromatic heterocycles. The zero-order valence-corrected chi connectivity index (χ0v) is 9.50. The Morgan fingerprint density at radius 3 is 2.84 bits per heavy atom. The first kappa shape index (κ1) is 11.1. The number of aromatic nitrogens is 5. The molecule has 0 spiro atoms. The van der Waals surface area contributed by atoms with Crippen molar-refractivity contribution >= 4 is 27.8 Å². The number of hydrogen-bond donors (Lipinski definition) is 2. The molecule has 0 atom stereocenters. The lowest BCUT2D eigenvalue weighted by atomic mass is 10.2. The van der Waals surface area contributed by atoms with E-state index in [2.05, 4.69) is 20.3 Å². The van der Waals surface area contributed by atoms with Crippen molar-refractivity contribution in [3.63, 3.8) is 0 Å². The SMILES string of the molecule is Cn1[nH]nc2c([N+](=O)[O-])cc3nc(=O)c(=O)[nH]c3c21. The van der Waals surface area contributed by atoms with Crippen molar-refractivity contribution in [3.8, 4) is 0 Å². The number of rotatable bonds is 1. The second-order valence-corrected chi connectivity index (χ2v) is 3.89. The van der Waals surface area contributed by atoms with Crippen molar-refractivity contribution in [2.24, 2.45) is 7.05 Å². The molecular weight excluding hydrogens is 256 g/mol. The summed E-state index contributed by atoms with van der Waals surface area (Å²) in [5.41, 5.74) is -1.53. The van der Waals surface area contributed by atoms with E-state index in [1.165, 1.54) is 4.68 Å². The van der Waals surface area contributed by atoms with Crippen LogP contribution in [0.5, 0.6) is 0 Å². The van der Waals surface area contributed by atoms with E-state index in [1.54, 1.807) is 7.05 Å². The van der Waals surface area contributed by atoms with Gasteiger partial charge >= 0.3 is 16.8 Å². The minimum atomic E-state index is -0.993. The van der Waals surface area contributed by atoms with Crippen molar-refractivity contribution < 1.29 is 4.92 Å². The molecule has 0 aliphatic heterocycles. The maximum absolute atomic E-state index is 11.3. The van der Waals surface area contributed by atoms with Gasteiger partial charge in [0, 0.05) is 13.1 Å². The average molecular weight is 262 g/mol. The van der Waals surface area contributed by atoms with Gasteiger partial charge in [-0.15, -0.1) is 0 Å². The Kier molecular flexibility index (Phi) is 2.03. The Labute approximate surface area is 102 Å². The third kappa shape index (κ3) is 1.43. The third-order valence-corrected chi connectivity index (χ3v) is 2.73. The summed E-state index contributed by atoms with van der Waals surface area (Å²) in [6.45, 7) is 0. The highest BCUT2D eigenvalue weighted by Crippen LogP contribution is 2.28. The number of aromatic amines is 2. The van der Waals surface area contributed by atoms with Gasteiger partial charge < -0.3 is 4.98 Å². The summed E-state index contributed by atoms with van der Waals surface area (Å²) in [6.07, 6.45) is 0. The number of H-pyrrole nitrogens is 2. The predicted molar refractivity (Wildman–Crippen MR) is 63.9 cm³/mol. The fourth-order valence-corrected chi connectivity index (χ4v) is 1.92. The molecule has 3 aromatic rings. The molecule has 2 heterocycles. The summed E-state index contributed by atoms with van der Waals surface area (Å²) < 4.78 is 1.40. The Morgan fingerprint density at radius 2 is 2.16 bits per heavy atom. The zero-order valence-electron chi connectivity index (χ0n) is 9.50. The Bertz CT molecular complexity index is 949. The maximum Gasteiger partial charge on any atom is 0.335 e. The smallest absolute Gasteiger partial charge is 0.314 e. The summed E-state index contributed by atoms with van der Waals surface area (Å²) >= 11 is 0. The number of benzene rings is 1. The first-order chi connectivity index (χ1) is 8.99. The molecule has 0 bridgehead atoms. The average Bonchev–Trinajstić information content (AvgIpc) is 2.73. The molecule has 0 fully saturated rings. The monoisotopic (exact) mass is 262 g/mol. The molecule has 10 nitrogen and oxygen atoms in total. The zero-order chi connectivity index (χ0) is 13.7. The van der Waals surface area contributed by atoms with E-state index in [0.717, 1.165) is 6.07 Å². The number of non-ortho nitro benzene ring substituents is 1. The van der Waals surface area contributed by atoms with Crippen LogP contribution in [0, 0.1) is 10.1 Å². The number of nitro benzene ring substituents is 1. The second kappa shape index (κ2) is 3.48. The van der Waals surface area contributed by atoms with Crippen molar-refractivity contribution in [1.29, 1.82) is 0 Å². The molecule has 0 aliphatic rings. The summed E-state index contributed by atoms with van der Waals surface area (Å²) in [5.74, 6) is 0. The van der Waals surface area contributed by atoms with Crippen LogP contribution in [0.3, 0.4) is 0 Å². The standard InChI is InChI=1S/C9H6N6O4/c1-14-7-5-3(10-8(16)9(17)11-5)2-4(15(18)19)6(7)12-13-14/h2,13H,1H3,(H,11,17). The van der Waals surface area contributed by atoms with Crippen LogP contribution < -0.4 is 11.1 Å². The molecule has 0 radical (unpaired) electrons. The molecule has 0 saturated carbocycles. The van der Waals surface area contributed by atoms with Gasteiger partial charge in [-0.05, 0) is 0 Å². The lowest BCUT2D eigenvalue weighted by Gasteiger charge is -2.00. The molecule has 19 heavy (non-hydrogen) atoms. The van der Waals surface area contributed by atoms with Crippen LogP contribution in [0.15, 0.2) is 15.7 Å². The van der Waals surface area contributed by atoms with Gasteiger partial charge in [0.05, 0.1) is 10.4 Å². The number of hydrogen-bond acceptors (Lipinski definition) is 6. The van der Waals surface area contributed by atoms with E-state index in [1.807, 2.05) is 0 Å². The molecule has 0 unspecified atom stereocenters. The van der Waals surface area contributed by atoms with Gasteiger partial charge in [0.1, 0.15) is 11.0 Å². The highest BCUT2D eigenvalue weighted by molar-refractivity contribution is 6.04. The highest BCUT2D eigenvalue weighted by atomic mass is 16.6. The Balaban J connectivity index is 2.67. The number of aryl methyl sites for hydroxylation is 1. The van der Waals surface area contributed by atoms with Crippen LogP contribution in [0.25, 0.3) is 22.1 Å². The van der Waals surface area contributed by atoms with E-state index < -0.39 is 16.0 Å². The van der Waals surface area contributed by atoms with Gasteiger partial charge in [-0.3, -0.25) is 24.4 Å². The molecule has 0 amide bonds. The van der Waals surface area contributed by atoms with E-state index in [9.17, 15) is 19.7 Å². The lowest BCUT2D eigenvalue weighted by Crippen LogP contribution is -2.29. The minimum Gasteiger partial charge on any atom is -0.314 e. The third-order valence-electron chi connectivity index (χ3n) is 2.73. The van der Waals surface area contributed by atoms with Crippen molar-refractivity contribution in [2.75, 3.05) is 0 Å². The van der Waals surface area contributed by atoms with E-state index in [-0.39, 0.29) is 22.2 Å². The van der Waals surface area contributed by atoms with Crippen LogP contribution in [-0.4, -0.2) is 29.9 Å². The molecule has 1 aromatic carbocycles. The highest BCUT2D eigenvalue weighted by Gasteiger charge is 2.21. The summed E-state index contributed by atoms with van der Waals surface area (Å²) in [6, 6.07) is 1.11. The van der Waals surface area contributed by atoms with Crippen LogP contribution in [-0.2, 0) is 7.05 Å². The largest absolute Gasteiger partial charge is 0.335 e. The maximum atomic E-state index is 11.3. The minimum absolute atomic E-state index is 0.0424. The van der Waals surface area contributed by atoms with Gasteiger partial charge in [0.2, 0.25) is 0 Å². The molecule has 0 aliphatic carbocycles. The van der Waals surface area contributed by atoms with E-state index in [0.29, 0.717) is 5.52 Å². The normalized spacial score (nSPS) is 11.2. The first-order valence-electron chi connectivity index (χ1n) is 5.11. The Hall–Kier alpha value is -3.04. The molecule has 2 N–H and O–H groups in total. The molecular formula is C9H6N6O4. The van der Waals surface area contributed by atoms with Crippen LogP contribution >= 0.6 is 0 Å². The Morgan fingerprint density at radius 1 is 1.42 bits per heavy atom. The van der Waals surface area contributed by atoms with Gasteiger partial charge in [0.15, 0.2) is 5.52 Å². The fraction of sp³-hybridized carbons (Fsp3) is 0.111. The van der Waals surface area contributed by atoms with Crippen molar-refractivity contribution in [2.45, 2.75) is 0 Å². The summed E-state index contributed by atoms with van der Waals surface area (Å²) in [5, 5.41) is 17.3. The van der Waals surface area contributed by atoms with Crippen LogP contribution in [0.2, 0.25) is 0 Å². The summed E-state index contributed by atoms with van der Waals surface area (Å²) in [4.78, 5) is 38.8. The molecule has 10 heteroatoms. The number of nitrogens with zero attached hydrogens (tertiary/aromatic N) is 4. The molecule has 96 valence electrons. The van der Waals surface area contributed by atoms with Crippen molar-refractivity contribution in [3.05, 3.63) is 36.9 Å². The number of fused-ring (bicyclic) bond motifs is 3. The number of nitro groups is 1. The number of nitrogens with one attached hydrogen (secondary N) is 2. The molecule has 0 saturated heterocycles. The predicted octanol–water partition coefficient (Wildman–Crippen LogP) is -0.594. The van der Waals surface area contributed by atoms with Gasteiger partial charge in [0.25, 0.3) is 0 Å². The topological polar surface area (TPSA) is 140 Å². The quantitative estimate of drug-likeness (QED) is 0.341.